The number of rotatable bonds is 9. The van der Waals surface area contributed by atoms with Crippen LogP contribution >= 0.6 is 11.8 Å². The van der Waals surface area contributed by atoms with Gasteiger partial charge in [-0.3, -0.25) is 9.36 Å². The fourth-order valence-electron chi connectivity index (χ4n) is 3.39. The number of hydrogen-bond donors (Lipinski definition) is 0. The third-order valence-corrected chi connectivity index (χ3v) is 6.05. The molecule has 1 saturated heterocycles. The van der Waals surface area contributed by atoms with Crippen molar-refractivity contribution in [2.75, 3.05) is 32.1 Å². The van der Waals surface area contributed by atoms with Crippen molar-refractivity contribution in [1.82, 2.24) is 19.7 Å². The lowest BCUT2D eigenvalue weighted by molar-refractivity contribution is -0.135. The normalized spacial score (nSPS) is 13.8. The second-order valence-corrected chi connectivity index (χ2v) is 8.30. The average molecular weight is 457 g/mol. The Kier molecular flexibility index (Phi) is 7.73. The van der Waals surface area contributed by atoms with Gasteiger partial charge in [-0.2, -0.15) is 0 Å². The van der Waals surface area contributed by atoms with Crippen LogP contribution in [0.15, 0.2) is 59.8 Å². The Balaban J connectivity index is 1.40. The van der Waals surface area contributed by atoms with Crippen molar-refractivity contribution in [2.24, 2.45) is 0 Å². The first-order valence-corrected chi connectivity index (χ1v) is 11.6. The minimum atomic E-state index is -0.419. The Hall–Kier alpha value is -2.91. The van der Waals surface area contributed by atoms with Gasteiger partial charge in [0.15, 0.2) is 22.5 Å². The predicted octanol–water partition coefficient (Wildman–Crippen LogP) is 3.72. The minimum absolute atomic E-state index is 0.0822. The maximum Gasteiger partial charge on any atom is 0.222 e. The SMILES string of the molecule is O=C(CCCSc1nnc(COc2ccccc2F)n1-c1ccccc1)N1CCOCC1. The molecule has 2 heterocycles. The van der Waals surface area contributed by atoms with Crippen molar-refractivity contribution < 1.29 is 18.7 Å². The zero-order valence-electron chi connectivity index (χ0n) is 17.7. The molecule has 0 unspecified atom stereocenters. The topological polar surface area (TPSA) is 69.5 Å². The van der Waals surface area contributed by atoms with Crippen LogP contribution in [0.3, 0.4) is 0 Å². The number of nitrogens with zero attached hydrogens (tertiary/aromatic N) is 4. The summed E-state index contributed by atoms with van der Waals surface area (Å²) in [5.41, 5.74) is 0.900. The van der Waals surface area contributed by atoms with Crippen molar-refractivity contribution in [3.05, 3.63) is 66.2 Å². The van der Waals surface area contributed by atoms with Crippen LogP contribution in [0.5, 0.6) is 5.75 Å². The molecular formula is C23H25FN4O3S. The molecule has 1 aliphatic rings. The highest BCUT2D eigenvalue weighted by atomic mass is 32.2. The third-order valence-electron chi connectivity index (χ3n) is 5.04. The second-order valence-electron chi connectivity index (χ2n) is 7.23. The largest absolute Gasteiger partial charge is 0.483 e. The van der Waals surface area contributed by atoms with Gasteiger partial charge in [0.05, 0.1) is 13.2 Å². The number of thioether (sulfide) groups is 1. The van der Waals surface area contributed by atoms with Gasteiger partial charge in [0.2, 0.25) is 5.91 Å². The van der Waals surface area contributed by atoms with E-state index in [2.05, 4.69) is 10.2 Å². The molecule has 0 spiro atoms. The summed E-state index contributed by atoms with van der Waals surface area (Å²) >= 11 is 1.54. The van der Waals surface area contributed by atoms with E-state index in [-0.39, 0.29) is 18.3 Å². The lowest BCUT2D eigenvalue weighted by Crippen LogP contribution is -2.40. The van der Waals surface area contributed by atoms with E-state index in [1.807, 2.05) is 39.8 Å². The summed E-state index contributed by atoms with van der Waals surface area (Å²) in [6.45, 7) is 2.63. The average Bonchev–Trinajstić information content (AvgIpc) is 3.25. The van der Waals surface area contributed by atoms with E-state index in [0.717, 1.165) is 17.9 Å². The Morgan fingerprint density at radius 3 is 2.59 bits per heavy atom. The first-order chi connectivity index (χ1) is 15.7. The number of benzene rings is 2. The molecule has 0 radical (unpaired) electrons. The van der Waals surface area contributed by atoms with Gasteiger partial charge >= 0.3 is 0 Å². The van der Waals surface area contributed by atoms with E-state index in [1.165, 1.54) is 6.07 Å². The van der Waals surface area contributed by atoms with Gasteiger partial charge in [-0.15, -0.1) is 10.2 Å². The second kappa shape index (κ2) is 11.1. The summed E-state index contributed by atoms with van der Waals surface area (Å²) in [6, 6.07) is 16.0. The number of halogens is 1. The van der Waals surface area contributed by atoms with Crippen LogP contribution in [0.1, 0.15) is 18.7 Å². The van der Waals surface area contributed by atoms with E-state index in [9.17, 15) is 9.18 Å². The summed E-state index contributed by atoms with van der Waals surface area (Å²) in [7, 11) is 0. The van der Waals surface area contributed by atoms with Crippen LogP contribution in [-0.2, 0) is 16.1 Å². The van der Waals surface area contributed by atoms with Crippen LogP contribution < -0.4 is 4.74 Å². The number of hydrogen-bond acceptors (Lipinski definition) is 6. The van der Waals surface area contributed by atoms with Crippen LogP contribution in [0.4, 0.5) is 4.39 Å². The highest BCUT2D eigenvalue weighted by Crippen LogP contribution is 2.24. The smallest absolute Gasteiger partial charge is 0.222 e. The van der Waals surface area contributed by atoms with E-state index in [4.69, 9.17) is 9.47 Å². The molecule has 0 aliphatic carbocycles. The van der Waals surface area contributed by atoms with Gasteiger partial charge in [-0.05, 0) is 30.7 Å². The molecule has 1 amide bonds. The van der Waals surface area contributed by atoms with Gasteiger partial charge < -0.3 is 14.4 Å². The van der Waals surface area contributed by atoms with Crippen molar-refractivity contribution in [2.45, 2.75) is 24.6 Å². The summed E-state index contributed by atoms with van der Waals surface area (Å²) in [6.07, 6.45) is 1.24. The molecule has 0 atom stereocenters. The van der Waals surface area contributed by atoms with Gasteiger partial charge in [0.1, 0.15) is 6.61 Å². The maximum absolute atomic E-state index is 13.9. The standard InChI is InChI=1S/C23H25FN4O3S/c24-19-9-4-5-10-20(19)31-17-21-25-26-23(28(21)18-7-2-1-3-8-18)32-16-6-11-22(29)27-12-14-30-15-13-27/h1-5,7-10H,6,11-17H2. The molecule has 0 N–H and O–H groups in total. The van der Waals surface area contributed by atoms with Crippen LogP contribution in [0.25, 0.3) is 5.69 Å². The highest BCUT2D eigenvalue weighted by Gasteiger charge is 2.18. The molecule has 7 nitrogen and oxygen atoms in total. The first kappa shape index (κ1) is 22.3. The van der Waals surface area contributed by atoms with Crippen LogP contribution in [0.2, 0.25) is 0 Å². The summed E-state index contributed by atoms with van der Waals surface area (Å²) in [5.74, 6) is 1.22. The molecule has 2 aromatic carbocycles. The molecule has 1 aliphatic heterocycles. The van der Waals surface area contributed by atoms with Gasteiger partial charge in [-0.25, -0.2) is 4.39 Å². The molecule has 9 heteroatoms. The number of amides is 1. The monoisotopic (exact) mass is 456 g/mol. The lowest BCUT2D eigenvalue weighted by Gasteiger charge is -2.26. The molecule has 1 aromatic heterocycles. The zero-order chi connectivity index (χ0) is 22.2. The molecular weight excluding hydrogens is 431 g/mol. The van der Waals surface area contributed by atoms with E-state index < -0.39 is 5.82 Å². The summed E-state index contributed by atoms with van der Waals surface area (Å²) < 4.78 is 26.8. The fraction of sp³-hybridized carbons (Fsp3) is 0.348. The summed E-state index contributed by atoms with van der Waals surface area (Å²) in [5, 5.41) is 9.31. The maximum atomic E-state index is 13.9. The Labute approximate surface area is 190 Å². The Bertz CT molecular complexity index is 1030. The predicted molar refractivity (Wildman–Crippen MR) is 119 cm³/mol. The van der Waals surface area contributed by atoms with E-state index in [1.54, 1.807) is 30.0 Å². The van der Waals surface area contributed by atoms with Gasteiger partial charge in [0.25, 0.3) is 0 Å². The Morgan fingerprint density at radius 2 is 1.81 bits per heavy atom. The fourth-order valence-corrected chi connectivity index (χ4v) is 4.30. The number of carbonyl (C=O) groups excluding carboxylic acids is 1. The first-order valence-electron chi connectivity index (χ1n) is 10.6. The Morgan fingerprint density at radius 1 is 1.06 bits per heavy atom. The van der Waals surface area contributed by atoms with E-state index >= 15 is 0 Å². The number of morpholine rings is 1. The quantitative estimate of drug-likeness (QED) is 0.361. The molecule has 32 heavy (non-hydrogen) atoms. The molecule has 0 bridgehead atoms. The number of ether oxygens (including phenoxy) is 2. The van der Waals surface area contributed by atoms with Crippen LogP contribution in [-0.4, -0.2) is 57.6 Å². The van der Waals surface area contributed by atoms with Crippen molar-refractivity contribution >= 4 is 17.7 Å². The number of carbonyl (C=O) groups is 1. The van der Waals surface area contributed by atoms with Crippen LogP contribution in [0, 0.1) is 5.82 Å². The van der Waals surface area contributed by atoms with Crippen molar-refractivity contribution in [3.8, 4) is 11.4 Å². The molecule has 168 valence electrons. The lowest BCUT2D eigenvalue weighted by atomic mass is 10.3. The molecule has 3 aromatic rings. The number of para-hydroxylation sites is 2. The zero-order valence-corrected chi connectivity index (χ0v) is 18.5. The van der Waals surface area contributed by atoms with Crippen molar-refractivity contribution in [3.63, 3.8) is 0 Å². The molecule has 4 rings (SSSR count). The van der Waals surface area contributed by atoms with Gasteiger partial charge in [-0.1, -0.05) is 42.1 Å². The highest BCUT2D eigenvalue weighted by molar-refractivity contribution is 7.99. The van der Waals surface area contributed by atoms with Gasteiger partial charge in [0, 0.05) is 31.0 Å². The minimum Gasteiger partial charge on any atom is -0.483 e. The number of aromatic nitrogens is 3. The molecule has 0 saturated carbocycles. The van der Waals surface area contributed by atoms with Crippen molar-refractivity contribution in [1.29, 1.82) is 0 Å². The summed E-state index contributed by atoms with van der Waals surface area (Å²) in [4.78, 5) is 14.2. The third kappa shape index (κ3) is 5.66. The molecule has 1 fully saturated rings. The van der Waals surface area contributed by atoms with E-state index in [0.29, 0.717) is 43.7 Å².